The molecule has 7 heteroatoms. The van der Waals surface area contributed by atoms with Crippen molar-refractivity contribution in [2.24, 2.45) is 11.8 Å². The molecule has 1 atom stereocenters. The van der Waals surface area contributed by atoms with Gasteiger partial charge >= 0.3 is 0 Å². The Labute approximate surface area is 114 Å². The Bertz CT molecular complexity index is 432. The van der Waals surface area contributed by atoms with Gasteiger partial charge in [-0.05, 0) is 47.8 Å². The molecule has 0 saturated carbocycles. The first-order valence-corrected chi connectivity index (χ1v) is 7.03. The van der Waals surface area contributed by atoms with Gasteiger partial charge in [-0.25, -0.2) is 15.8 Å². The monoisotopic (exact) mass is 312 g/mol. The van der Waals surface area contributed by atoms with Crippen molar-refractivity contribution < 1.29 is 0 Å². The number of nitrogens with one attached hydrogen (secondary N) is 2. The summed E-state index contributed by atoms with van der Waals surface area (Å²) in [6, 6.07) is 0.476. The molecule has 3 saturated heterocycles. The second-order valence-electron chi connectivity index (χ2n) is 4.92. The van der Waals surface area contributed by atoms with E-state index < -0.39 is 0 Å². The van der Waals surface area contributed by atoms with Gasteiger partial charge in [0, 0.05) is 12.6 Å². The molecule has 4 heterocycles. The van der Waals surface area contributed by atoms with Crippen molar-refractivity contribution >= 4 is 27.6 Å². The molecule has 1 aromatic heterocycles. The molecule has 1 aromatic rings. The van der Waals surface area contributed by atoms with Crippen molar-refractivity contribution in [2.75, 3.05) is 30.4 Å². The Morgan fingerprint density at radius 1 is 1.28 bits per heavy atom. The SMILES string of the molecule is NNc1ncnc(NC2CN3CCC2CC3)c1Br. The third-order valence-corrected chi connectivity index (χ3v) is 4.66. The number of hydrazine groups is 1. The maximum Gasteiger partial charge on any atom is 0.159 e. The number of fused-ring (bicyclic) bond motifs is 3. The Morgan fingerprint density at radius 3 is 2.61 bits per heavy atom. The lowest BCUT2D eigenvalue weighted by Crippen LogP contribution is -2.53. The molecule has 3 aliphatic heterocycles. The Hall–Kier alpha value is -0.920. The van der Waals surface area contributed by atoms with E-state index in [1.165, 1.54) is 32.3 Å². The first-order chi connectivity index (χ1) is 8.78. The lowest BCUT2D eigenvalue weighted by molar-refractivity contribution is 0.0973. The van der Waals surface area contributed by atoms with Crippen molar-refractivity contribution in [1.29, 1.82) is 0 Å². The zero-order valence-corrected chi connectivity index (χ0v) is 11.7. The summed E-state index contributed by atoms with van der Waals surface area (Å²) in [6.07, 6.45) is 4.08. The number of hydrogen-bond acceptors (Lipinski definition) is 6. The van der Waals surface area contributed by atoms with Crippen LogP contribution in [0.3, 0.4) is 0 Å². The van der Waals surface area contributed by atoms with Crippen LogP contribution in [0.5, 0.6) is 0 Å². The number of hydrogen-bond donors (Lipinski definition) is 3. The van der Waals surface area contributed by atoms with Crippen LogP contribution in [0.4, 0.5) is 11.6 Å². The van der Waals surface area contributed by atoms with Gasteiger partial charge in [0.05, 0.1) is 0 Å². The molecule has 3 aliphatic rings. The van der Waals surface area contributed by atoms with Crippen LogP contribution in [0.15, 0.2) is 10.8 Å². The van der Waals surface area contributed by atoms with E-state index in [0.29, 0.717) is 11.9 Å². The van der Waals surface area contributed by atoms with Gasteiger partial charge < -0.3 is 15.6 Å². The molecule has 0 aromatic carbocycles. The summed E-state index contributed by atoms with van der Waals surface area (Å²) < 4.78 is 0.795. The fourth-order valence-corrected chi connectivity index (χ4v) is 3.31. The molecule has 0 spiro atoms. The standard InChI is InChI=1S/C11H17BrN6/c12-9-10(14-6-15-11(9)17-13)16-8-5-18-3-1-7(8)2-4-18/h6-8H,1-5,13H2,(H2,14,15,16,17). The molecule has 1 unspecified atom stereocenters. The second-order valence-corrected chi connectivity index (χ2v) is 5.71. The summed E-state index contributed by atoms with van der Waals surface area (Å²) in [4.78, 5) is 10.8. The van der Waals surface area contributed by atoms with Gasteiger partial charge in [-0.2, -0.15) is 0 Å². The summed E-state index contributed by atoms with van der Waals surface area (Å²) in [5.74, 6) is 7.58. The molecular weight excluding hydrogens is 296 g/mol. The van der Waals surface area contributed by atoms with Gasteiger partial charge in [0.2, 0.25) is 0 Å². The number of nitrogen functional groups attached to an aromatic ring is 1. The lowest BCUT2D eigenvalue weighted by atomic mass is 9.84. The topological polar surface area (TPSA) is 79.1 Å². The lowest BCUT2D eigenvalue weighted by Gasteiger charge is -2.45. The van der Waals surface area contributed by atoms with Crippen LogP contribution in [0.25, 0.3) is 0 Å². The first-order valence-electron chi connectivity index (χ1n) is 6.24. The Balaban J connectivity index is 1.76. The van der Waals surface area contributed by atoms with Gasteiger partial charge in [-0.15, -0.1) is 0 Å². The van der Waals surface area contributed by atoms with E-state index in [-0.39, 0.29) is 0 Å². The minimum absolute atomic E-state index is 0.476. The molecule has 4 rings (SSSR count). The fraction of sp³-hybridized carbons (Fsp3) is 0.636. The fourth-order valence-electron chi connectivity index (χ4n) is 2.88. The van der Waals surface area contributed by atoms with Crippen LogP contribution in [0, 0.1) is 5.92 Å². The van der Waals surface area contributed by atoms with E-state index in [2.05, 4.69) is 41.5 Å². The molecular formula is C11H17BrN6. The zero-order chi connectivity index (χ0) is 12.5. The highest BCUT2D eigenvalue weighted by Crippen LogP contribution is 2.32. The molecule has 18 heavy (non-hydrogen) atoms. The summed E-state index contributed by atoms with van der Waals surface area (Å²) in [5.41, 5.74) is 2.56. The van der Waals surface area contributed by atoms with Crippen molar-refractivity contribution in [3.8, 4) is 0 Å². The molecule has 0 radical (unpaired) electrons. The number of aromatic nitrogens is 2. The predicted octanol–water partition coefficient (Wildman–Crippen LogP) is 1.03. The van der Waals surface area contributed by atoms with Crippen LogP contribution >= 0.6 is 15.9 Å². The van der Waals surface area contributed by atoms with Crippen LogP contribution < -0.4 is 16.6 Å². The minimum Gasteiger partial charge on any atom is -0.365 e. The second kappa shape index (κ2) is 4.99. The van der Waals surface area contributed by atoms with Gasteiger partial charge in [0.1, 0.15) is 16.6 Å². The van der Waals surface area contributed by atoms with E-state index >= 15 is 0 Å². The first kappa shape index (κ1) is 12.1. The Morgan fingerprint density at radius 2 is 2.00 bits per heavy atom. The van der Waals surface area contributed by atoms with E-state index in [1.54, 1.807) is 0 Å². The summed E-state index contributed by atoms with van der Waals surface area (Å²) in [5, 5.41) is 3.52. The summed E-state index contributed by atoms with van der Waals surface area (Å²) in [6.45, 7) is 3.58. The Kier molecular flexibility index (Phi) is 3.36. The normalized spacial score (nSPS) is 30.2. The van der Waals surface area contributed by atoms with Crippen molar-refractivity contribution in [3.63, 3.8) is 0 Å². The number of anilines is 2. The molecule has 3 fully saturated rings. The van der Waals surface area contributed by atoms with Gasteiger partial charge in [-0.1, -0.05) is 0 Å². The summed E-state index contributed by atoms with van der Waals surface area (Å²) in [7, 11) is 0. The third kappa shape index (κ3) is 2.17. The van der Waals surface area contributed by atoms with Crippen LogP contribution in [0.1, 0.15) is 12.8 Å². The van der Waals surface area contributed by atoms with E-state index in [1.807, 2.05) is 0 Å². The highest BCUT2D eigenvalue weighted by atomic mass is 79.9. The maximum atomic E-state index is 5.41. The van der Waals surface area contributed by atoms with E-state index in [0.717, 1.165) is 22.8 Å². The van der Waals surface area contributed by atoms with E-state index in [4.69, 9.17) is 5.84 Å². The quantitative estimate of drug-likeness (QED) is 0.571. The smallest absolute Gasteiger partial charge is 0.159 e. The van der Waals surface area contributed by atoms with Crippen LogP contribution in [-0.2, 0) is 0 Å². The van der Waals surface area contributed by atoms with Gasteiger partial charge in [0.25, 0.3) is 0 Å². The van der Waals surface area contributed by atoms with Gasteiger partial charge in [0.15, 0.2) is 5.82 Å². The van der Waals surface area contributed by atoms with Gasteiger partial charge in [-0.3, -0.25) is 0 Å². The number of nitrogens with two attached hydrogens (primary N) is 1. The molecule has 4 N–H and O–H groups in total. The number of nitrogens with zero attached hydrogens (tertiary/aromatic N) is 3. The highest BCUT2D eigenvalue weighted by Gasteiger charge is 2.34. The largest absolute Gasteiger partial charge is 0.365 e. The minimum atomic E-state index is 0.476. The predicted molar refractivity (Wildman–Crippen MR) is 74.1 cm³/mol. The third-order valence-electron chi connectivity index (χ3n) is 3.90. The average molecular weight is 313 g/mol. The molecule has 6 nitrogen and oxygen atoms in total. The zero-order valence-electron chi connectivity index (χ0n) is 10.1. The maximum absolute atomic E-state index is 5.41. The number of halogens is 1. The molecule has 2 bridgehead atoms. The molecule has 98 valence electrons. The summed E-state index contributed by atoms with van der Waals surface area (Å²) >= 11 is 3.48. The highest BCUT2D eigenvalue weighted by molar-refractivity contribution is 9.10. The number of piperidine rings is 3. The molecule has 0 aliphatic carbocycles. The van der Waals surface area contributed by atoms with Crippen LogP contribution in [0.2, 0.25) is 0 Å². The van der Waals surface area contributed by atoms with Crippen molar-refractivity contribution in [1.82, 2.24) is 14.9 Å². The van der Waals surface area contributed by atoms with E-state index in [9.17, 15) is 0 Å². The van der Waals surface area contributed by atoms with Crippen molar-refractivity contribution in [2.45, 2.75) is 18.9 Å². The average Bonchev–Trinajstić information content (AvgIpc) is 2.42. The molecule has 0 amide bonds. The number of rotatable bonds is 3. The van der Waals surface area contributed by atoms with Crippen molar-refractivity contribution in [3.05, 3.63) is 10.8 Å². The van der Waals surface area contributed by atoms with Crippen LogP contribution in [-0.4, -0.2) is 40.5 Å².